The molecular weight excluding hydrogens is 449 g/mol. The van der Waals surface area contributed by atoms with Gasteiger partial charge in [0.1, 0.15) is 24.7 Å². The Labute approximate surface area is 180 Å². The summed E-state index contributed by atoms with van der Waals surface area (Å²) in [5, 5.41) is 32.0. The van der Waals surface area contributed by atoms with Crippen molar-refractivity contribution in [2.45, 2.75) is 36.3 Å². The number of rotatable bonds is 11. The molecule has 0 spiro atoms. The lowest BCUT2D eigenvalue weighted by Gasteiger charge is -2.25. The van der Waals surface area contributed by atoms with Gasteiger partial charge in [-0.15, -0.1) is 11.8 Å². The standard InChI is InChI=1S/C16H21Cl2N3O7S/c17-7-3-8(18)14(25)11(4-7)29-6-10(15(26)20-5-13(23)24)21-12(22)2-1-9(19)16(27)28/h3-4,9-11,14,25H,1-2,5-6,19H2,(H,20,26)(H,21,22)(H,23,24)(H,27,28)/t9-,10-,11?,14?/m0/s1. The van der Waals surface area contributed by atoms with Crippen molar-refractivity contribution < 1.29 is 34.5 Å². The third-order valence-corrected chi connectivity index (χ3v) is 5.59. The second kappa shape index (κ2) is 12.0. The average Bonchev–Trinajstić information content (AvgIpc) is 2.64. The number of aliphatic hydroxyl groups is 1. The summed E-state index contributed by atoms with van der Waals surface area (Å²) in [6.07, 6.45) is 1.47. The van der Waals surface area contributed by atoms with E-state index in [0.717, 1.165) is 11.8 Å². The van der Waals surface area contributed by atoms with Gasteiger partial charge in [-0.25, -0.2) is 0 Å². The van der Waals surface area contributed by atoms with Crippen molar-refractivity contribution in [2.24, 2.45) is 5.73 Å². The maximum Gasteiger partial charge on any atom is 0.322 e. The van der Waals surface area contributed by atoms with E-state index in [1.165, 1.54) is 12.2 Å². The molecule has 0 saturated heterocycles. The van der Waals surface area contributed by atoms with Gasteiger partial charge in [0.2, 0.25) is 11.8 Å². The number of nitrogens with one attached hydrogen (secondary N) is 2. The molecule has 0 aromatic heterocycles. The van der Waals surface area contributed by atoms with E-state index in [9.17, 15) is 24.3 Å². The maximum absolute atomic E-state index is 12.2. The van der Waals surface area contributed by atoms with Crippen LogP contribution in [0.15, 0.2) is 22.2 Å². The first-order chi connectivity index (χ1) is 13.5. The molecule has 4 atom stereocenters. The summed E-state index contributed by atoms with van der Waals surface area (Å²) >= 11 is 12.9. The number of aliphatic hydroxyl groups excluding tert-OH is 1. The van der Waals surface area contributed by atoms with Gasteiger partial charge < -0.3 is 31.7 Å². The van der Waals surface area contributed by atoms with Gasteiger partial charge in [-0.05, 0) is 18.6 Å². The Morgan fingerprint density at radius 3 is 2.48 bits per heavy atom. The normalized spacial score (nSPS) is 20.7. The van der Waals surface area contributed by atoms with Crippen LogP contribution in [0.4, 0.5) is 0 Å². The number of thioether (sulfide) groups is 1. The first-order valence-corrected chi connectivity index (χ1v) is 10.1. The molecule has 0 bridgehead atoms. The minimum absolute atomic E-state index is 0.0330. The zero-order valence-electron chi connectivity index (χ0n) is 15.0. The van der Waals surface area contributed by atoms with Gasteiger partial charge in [0, 0.05) is 22.2 Å². The number of nitrogens with two attached hydrogens (primary N) is 1. The van der Waals surface area contributed by atoms with Crippen molar-refractivity contribution in [2.75, 3.05) is 12.3 Å². The molecule has 2 amide bonds. The Morgan fingerprint density at radius 1 is 1.24 bits per heavy atom. The van der Waals surface area contributed by atoms with Crippen molar-refractivity contribution >= 4 is 58.7 Å². The van der Waals surface area contributed by atoms with E-state index in [1.807, 2.05) is 0 Å². The van der Waals surface area contributed by atoms with Crippen molar-refractivity contribution in [3.05, 3.63) is 22.2 Å². The monoisotopic (exact) mass is 469 g/mol. The molecule has 0 aromatic carbocycles. The molecule has 29 heavy (non-hydrogen) atoms. The lowest BCUT2D eigenvalue weighted by Crippen LogP contribution is -2.50. The Hall–Kier alpha value is -1.79. The van der Waals surface area contributed by atoms with Crippen LogP contribution in [-0.2, 0) is 19.2 Å². The van der Waals surface area contributed by atoms with Crippen LogP contribution in [0.5, 0.6) is 0 Å². The summed E-state index contributed by atoms with van der Waals surface area (Å²) in [6, 6.07) is -2.37. The number of hydrogen-bond acceptors (Lipinski definition) is 7. The molecule has 1 rings (SSSR count). The molecule has 0 radical (unpaired) electrons. The summed E-state index contributed by atoms with van der Waals surface area (Å²) in [5.74, 6) is -3.94. The molecule has 0 aromatic rings. The van der Waals surface area contributed by atoms with Crippen LogP contribution in [0, 0.1) is 0 Å². The van der Waals surface area contributed by atoms with Gasteiger partial charge in [-0.2, -0.15) is 0 Å². The molecule has 0 fully saturated rings. The zero-order valence-corrected chi connectivity index (χ0v) is 17.3. The smallest absolute Gasteiger partial charge is 0.322 e. The van der Waals surface area contributed by atoms with Gasteiger partial charge in [-0.1, -0.05) is 23.2 Å². The SMILES string of the molecule is N[C@@H](CCC(=O)N[C@@H](CSC1C=C(Cl)C=C(Cl)C1O)C(=O)NCC(=O)O)C(=O)O. The Balaban J connectivity index is 2.74. The number of carbonyl (C=O) groups is 4. The first-order valence-electron chi connectivity index (χ1n) is 8.32. The molecule has 0 heterocycles. The number of carboxylic acids is 2. The number of allylic oxidation sites excluding steroid dienone is 2. The van der Waals surface area contributed by atoms with E-state index in [1.54, 1.807) is 0 Å². The average molecular weight is 470 g/mol. The van der Waals surface area contributed by atoms with Gasteiger partial charge in [0.25, 0.3) is 0 Å². The summed E-state index contributed by atoms with van der Waals surface area (Å²) in [4.78, 5) is 45.7. The quantitative estimate of drug-likeness (QED) is 0.234. The van der Waals surface area contributed by atoms with Crippen molar-refractivity contribution in [1.29, 1.82) is 0 Å². The summed E-state index contributed by atoms with van der Waals surface area (Å²) in [5.41, 5.74) is 5.34. The van der Waals surface area contributed by atoms with Crippen LogP contribution >= 0.6 is 35.0 Å². The Bertz CT molecular complexity index is 717. The maximum atomic E-state index is 12.2. The molecule has 7 N–H and O–H groups in total. The topological polar surface area (TPSA) is 179 Å². The van der Waals surface area contributed by atoms with Crippen LogP contribution in [0.2, 0.25) is 0 Å². The minimum atomic E-state index is -1.27. The van der Waals surface area contributed by atoms with E-state index in [0.29, 0.717) is 5.03 Å². The lowest BCUT2D eigenvalue weighted by molar-refractivity contribution is -0.139. The lowest BCUT2D eigenvalue weighted by atomic mass is 10.1. The third kappa shape index (κ3) is 9.05. The van der Waals surface area contributed by atoms with Crippen molar-refractivity contribution in [3.8, 4) is 0 Å². The Morgan fingerprint density at radius 2 is 1.90 bits per heavy atom. The van der Waals surface area contributed by atoms with Gasteiger partial charge in [0.15, 0.2) is 0 Å². The molecule has 2 unspecified atom stereocenters. The van der Waals surface area contributed by atoms with E-state index in [4.69, 9.17) is 39.1 Å². The summed E-state index contributed by atoms with van der Waals surface area (Å²) in [7, 11) is 0. The van der Waals surface area contributed by atoms with Crippen LogP contribution in [0.1, 0.15) is 12.8 Å². The fourth-order valence-corrected chi connectivity index (χ4v) is 4.10. The number of aliphatic carboxylic acids is 2. The first kappa shape index (κ1) is 25.2. The van der Waals surface area contributed by atoms with Crippen LogP contribution < -0.4 is 16.4 Å². The molecular formula is C16H21Cl2N3O7S. The molecule has 0 saturated carbocycles. The highest BCUT2D eigenvalue weighted by molar-refractivity contribution is 8.00. The molecule has 1 aliphatic rings. The van der Waals surface area contributed by atoms with E-state index < -0.39 is 53.7 Å². The van der Waals surface area contributed by atoms with E-state index >= 15 is 0 Å². The van der Waals surface area contributed by atoms with Crippen molar-refractivity contribution in [1.82, 2.24) is 10.6 Å². The van der Waals surface area contributed by atoms with E-state index in [2.05, 4.69) is 10.6 Å². The predicted octanol–water partition coefficient (Wildman–Crippen LogP) is -0.414. The number of hydrogen-bond donors (Lipinski definition) is 6. The molecule has 1 aliphatic carbocycles. The zero-order chi connectivity index (χ0) is 22.1. The molecule has 162 valence electrons. The van der Waals surface area contributed by atoms with Crippen LogP contribution in [-0.4, -0.2) is 74.8 Å². The number of carboxylic acid groups (broad SMARTS) is 2. The minimum Gasteiger partial charge on any atom is -0.480 e. The van der Waals surface area contributed by atoms with Crippen LogP contribution in [0.25, 0.3) is 0 Å². The fraction of sp³-hybridized carbons (Fsp3) is 0.500. The summed E-state index contributed by atoms with van der Waals surface area (Å²) < 4.78 is 0. The second-order valence-electron chi connectivity index (χ2n) is 6.04. The van der Waals surface area contributed by atoms with E-state index in [-0.39, 0.29) is 23.6 Å². The third-order valence-electron chi connectivity index (χ3n) is 3.71. The fourth-order valence-electron chi connectivity index (χ4n) is 2.16. The number of halogens is 2. The largest absolute Gasteiger partial charge is 0.480 e. The molecule has 0 aliphatic heterocycles. The van der Waals surface area contributed by atoms with Crippen LogP contribution in [0.3, 0.4) is 0 Å². The molecule has 13 heteroatoms. The number of carbonyl (C=O) groups excluding carboxylic acids is 2. The second-order valence-corrected chi connectivity index (χ2v) is 8.12. The highest BCUT2D eigenvalue weighted by atomic mass is 35.5. The van der Waals surface area contributed by atoms with Gasteiger partial charge in [0.05, 0.1) is 5.25 Å². The van der Waals surface area contributed by atoms with Gasteiger partial charge >= 0.3 is 11.9 Å². The Kier molecular flexibility index (Phi) is 10.5. The van der Waals surface area contributed by atoms with Gasteiger partial charge in [-0.3, -0.25) is 19.2 Å². The highest BCUT2D eigenvalue weighted by Crippen LogP contribution is 2.31. The predicted molar refractivity (Wildman–Crippen MR) is 108 cm³/mol. The molecule has 10 nitrogen and oxygen atoms in total. The number of amides is 2. The highest BCUT2D eigenvalue weighted by Gasteiger charge is 2.28. The summed E-state index contributed by atoms with van der Waals surface area (Å²) in [6.45, 7) is -0.647. The van der Waals surface area contributed by atoms with Crippen molar-refractivity contribution in [3.63, 3.8) is 0 Å².